The first-order chi connectivity index (χ1) is 9.15. The molecule has 0 aliphatic heterocycles. The Morgan fingerprint density at radius 1 is 1.32 bits per heavy atom. The molecular formula is C13H9FN2O2S. The molecule has 0 aliphatic rings. The van der Waals surface area contributed by atoms with Crippen LogP contribution in [0.25, 0.3) is 22.2 Å². The van der Waals surface area contributed by atoms with Crippen LogP contribution in [0.4, 0.5) is 4.39 Å². The first-order valence-electron chi connectivity index (χ1n) is 5.52. The van der Waals surface area contributed by atoms with E-state index in [0.717, 1.165) is 5.56 Å². The lowest BCUT2D eigenvalue weighted by Crippen LogP contribution is -1.87. The van der Waals surface area contributed by atoms with E-state index in [1.54, 1.807) is 24.4 Å². The van der Waals surface area contributed by atoms with Crippen LogP contribution < -0.4 is 0 Å². The van der Waals surface area contributed by atoms with Gasteiger partial charge in [0.15, 0.2) is 0 Å². The fourth-order valence-electron chi connectivity index (χ4n) is 1.77. The van der Waals surface area contributed by atoms with Crippen molar-refractivity contribution in [3.63, 3.8) is 0 Å². The number of aromatic hydroxyl groups is 1. The molecule has 0 spiro atoms. The maximum Gasteiger partial charge on any atom is 0.272 e. The number of hydrogen-bond acceptors (Lipinski definition) is 5. The predicted molar refractivity (Wildman–Crippen MR) is 69.4 cm³/mol. The summed E-state index contributed by atoms with van der Waals surface area (Å²) in [6.45, 7) is 1.77. The van der Waals surface area contributed by atoms with E-state index in [1.165, 1.54) is 23.5 Å². The van der Waals surface area contributed by atoms with Crippen LogP contribution in [0.2, 0.25) is 0 Å². The van der Waals surface area contributed by atoms with Crippen molar-refractivity contribution in [3.05, 3.63) is 41.0 Å². The van der Waals surface area contributed by atoms with Crippen molar-refractivity contribution in [3.8, 4) is 27.9 Å². The SMILES string of the molecule is Cc1cc(F)ccc1-c1noc(-c2sccc2O)n1. The highest BCUT2D eigenvalue weighted by atomic mass is 32.1. The molecule has 6 heteroatoms. The lowest BCUT2D eigenvalue weighted by Gasteiger charge is -1.99. The molecule has 0 radical (unpaired) electrons. The minimum Gasteiger partial charge on any atom is -0.506 e. The van der Waals surface area contributed by atoms with Crippen molar-refractivity contribution in [1.82, 2.24) is 10.1 Å². The molecule has 2 aromatic heterocycles. The highest BCUT2D eigenvalue weighted by Gasteiger charge is 2.16. The molecule has 3 aromatic rings. The Morgan fingerprint density at radius 2 is 2.16 bits per heavy atom. The van der Waals surface area contributed by atoms with E-state index in [4.69, 9.17) is 4.52 Å². The fourth-order valence-corrected chi connectivity index (χ4v) is 2.47. The normalized spacial score (nSPS) is 10.8. The van der Waals surface area contributed by atoms with Crippen LogP contribution in [-0.2, 0) is 0 Å². The molecule has 0 amide bonds. The quantitative estimate of drug-likeness (QED) is 0.776. The Hall–Kier alpha value is -2.21. The third-order valence-corrected chi connectivity index (χ3v) is 3.59. The number of halogens is 1. The summed E-state index contributed by atoms with van der Waals surface area (Å²) >= 11 is 1.31. The van der Waals surface area contributed by atoms with Gasteiger partial charge < -0.3 is 9.63 Å². The van der Waals surface area contributed by atoms with Gasteiger partial charge in [-0.25, -0.2) is 4.39 Å². The van der Waals surface area contributed by atoms with Crippen LogP contribution in [-0.4, -0.2) is 15.2 Å². The van der Waals surface area contributed by atoms with E-state index >= 15 is 0 Å². The van der Waals surface area contributed by atoms with Crippen molar-refractivity contribution in [2.24, 2.45) is 0 Å². The number of hydrogen-bond donors (Lipinski definition) is 1. The monoisotopic (exact) mass is 276 g/mol. The Bertz CT molecular complexity index is 736. The second-order valence-corrected chi connectivity index (χ2v) is 4.93. The van der Waals surface area contributed by atoms with Gasteiger partial charge in [0.1, 0.15) is 16.4 Å². The zero-order chi connectivity index (χ0) is 13.4. The average molecular weight is 276 g/mol. The number of nitrogens with zero attached hydrogens (tertiary/aromatic N) is 2. The van der Waals surface area contributed by atoms with Crippen LogP contribution in [0.3, 0.4) is 0 Å². The van der Waals surface area contributed by atoms with Gasteiger partial charge in [-0.2, -0.15) is 4.98 Å². The number of rotatable bonds is 2. The highest BCUT2D eigenvalue weighted by Crippen LogP contribution is 2.34. The molecule has 1 aromatic carbocycles. The maximum absolute atomic E-state index is 13.0. The Labute approximate surface area is 112 Å². The molecule has 2 heterocycles. The molecule has 0 saturated heterocycles. The van der Waals surface area contributed by atoms with Gasteiger partial charge in [0.2, 0.25) is 5.82 Å². The number of benzene rings is 1. The zero-order valence-corrected chi connectivity index (χ0v) is 10.7. The summed E-state index contributed by atoms with van der Waals surface area (Å²) in [4.78, 5) is 4.75. The molecule has 0 saturated carbocycles. The van der Waals surface area contributed by atoms with E-state index in [9.17, 15) is 9.50 Å². The second kappa shape index (κ2) is 4.47. The number of aromatic nitrogens is 2. The molecule has 0 bridgehead atoms. The third kappa shape index (κ3) is 2.10. The van der Waals surface area contributed by atoms with Gasteiger partial charge in [0.25, 0.3) is 5.89 Å². The molecule has 96 valence electrons. The minimum atomic E-state index is -0.305. The molecule has 3 rings (SSSR count). The summed E-state index contributed by atoms with van der Waals surface area (Å²) in [5, 5.41) is 15.2. The van der Waals surface area contributed by atoms with Gasteiger partial charge in [-0.05, 0) is 42.1 Å². The summed E-state index contributed by atoms with van der Waals surface area (Å²) in [5.41, 5.74) is 1.43. The molecule has 1 N–H and O–H groups in total. The molecule has 0 atom stereocenters. The fraction of sp³-hybridized carbons (Fsp3) is 0.0769. The van der Waals surface area contributed by atoms with Crippen molar-refractivity contribution in [2.75, 3.05) is 0 Å². The summed E-state index contributed by atoms with van der Waals surface area (Å²) in [7, 11) is 0. The molecular weight excluding hydrogens is 267 g/mol. The van der Waals surface area contributed by atoms with Crippen molar-refractivity contribution < 1.29 is 14.0 Å². The predicted octanol–water partition coefficient (Wildman–Crippen LogP) is 3.62. The van der Waals surface area contributed by atoms with Gasteiger partial charge in [-0.1, -0.05) is 5.16 Å². The molecule has 4 nitrogen and oxygen atoms in total. The first-order valence-corrected chi connectivity index (χ1v) is 6.40. The van der Waals surface area contributed by atoms with Crippen LogP contribution in [0, 0.1) is 12.7 Å². The Balaban J connectivity index is 2.04. The lowest BCUT2D eigenvalue weighted by molar-refractivity contribution is 0.427. The Morgan fingerprint density at radius 3 is 2.84 bits per heavy atom. The van der Waals surface area contributed by atoms with E-state index < -0.39 is 0 Å². The van der Waals surface area contributed by atoms with Crippen LogP contribution in [0.1, 0.15) is 5.56 Å². The smallest absolute Gasteiger partial charge is 0.272 e. The average Bonchev–Trinajstić information content (AvgIpc) is 2.97. The number of thiophene rings is 1. The number of aryl methyl sites for hydroxylation is 1. The minimum absolute atomic E-state index is 0.107. The van der Waals surface area contributed by atoms with Gasteiger partial charge in [0, 0.05) is 5.56 Å². The van der Waals surface area contributed by atoms with Gasteiger partial charge in [-0.15, -0.1) is 11.3 Å². The summed E-state index contributed by atoms with van der Waals surface area (Å²) in [5.74, 6) is 0.434. The van der Waals surface area contributed by atoms with Gasteiger partial charge in [-0.3, -0.25) is 0 Å². The maximum atomic E-state index is 13.0. The molecule has 0 aliphatic carbocycles. The van der Waals surface area contributed by atoms with Crippen LogP contribution in [0.5, 0.6) is 5.75 Å². The summed E-state index contributed by atoms with van der Waals surface area (Å²) in [6.07, 6.45) is 0. The van der Waals surface area contributed by atoms with E-state index in [2.05, 4.69) is 10.1 Å². The second-order valence-electron chi connectivity index (χ2n) is 4.02. The Kier molecular flexibility index (Phi) is 2.79. The molecule has 19 heavy (non-hydrogen) atoms. The van der Waals surface area contributed by atoms with Crippen molar-refractivity contribution >= 4 is 11.3 Å². The highest BCUT2D eigenvalue weighted by molar-refractivity contribution is 7.13. The largest absolute Gasteiger partial charge is 0.506 e. The van der Waals surface area contributed by atoms with E-state index in [0.29, 0.717) is 16.3 Å². The third-order valence-electron chi connectivity index (χ3n) is 2.69. The van der Waals surface area contributed by atoms with E-state index in [-0.39, 0.29) is 17.5 Å². The molecule has 0 fully saturated rings. The van der Waals surface area contributed by atoms with Gasteiger partial charge >= 0.3 is 0 Å². The summed E-state index contributed by atoms with van der Waals surface area (Å²) < 4.78 is 18.2. The summed E-state index contributed by atoms with van der Waals surface area (Å²) in [6, 6.07) is 5.93. The topological polar surface area (TPSA) is 59.2 Å². The van der Waals surface area contributed by atoms with Gasteiger partial charge in [0.05, 0.1) is 0 Å². The van der Waals surface area contributed by atoms with E-state index in [1.807, 2.05) is 0 Å². The zero-order valence-electron chi connectivity index (χ0n) is 9.92. The van der Waals surface area contributed by atoms with Crippen molar-refractivity contribution in [2.45, 2.75) is 6.92 Å². The van der Waals surface area contributed by atoms with Crippen molar-refractivity contribution in [1.29, 1.82) is 0 Å². The lowest BCUT2D eigenvalue weighted by atomic mass is 10.1. The van der Waals surface area contributed by atoms with Crippen LogP contribution in [0.15, 0.2) is 34.2 Å². The first kappa shape index (κ1) is 11.9. The standard InChI is InChI=1S/C13H9FN2O2S/c1-7-6-8(14)2-3-9(7)12-15-13(18-16-12)11-10(17)4-5-19-11/h2-6,17H,1H3. The van der Waals surface area contributed by atoms with Crippen LogP contribution >= 0.6 is 11.3 Å². The molecule has 0 unspecified atom stereocenters.